The monoisotopic (exact) mass is 957 g/mol. The van der Waals surface area contributed by atoms with E-state index in [0.717, 1.165) is 51.4 Å². The molecule has 396 valence electrons. The highest BCUT2D eigenvalue weighted by atomic mass is 31.2. The van der Waals surface area contributed by atoms with Crippen molar-refractivity contribution in [1.82, 2.24) is 5.32 Å². The molecule has 9 heteroatoms. The Balaban J connectivity index is 3.61. The number of quaternary nitrogens is 1. The molecule has 0 rings (SSSR count). The van der Waals surface area contributed by atoms with Crippen molar-refractivity contribution in [3.63, 3.8) is 0 Å². The third kappa shape index (κ3) is 51.4. The van der Waals surface area contributed by atoms with Gasteiger partial charge in [-0.05, 0) is 12.8 Å². The summed E-state index contributed by atoms with van der Waals surface area (Å²) < 4.78 is 23.1. The summed E-state index contributed by atoms with van der Waals surface area (Å²) in [6.07, 6.45) is 59.5. The zero-order chi connectivity index (χ0) is 48.5. The van der Waals surface area contributed by atoms with Gasteiger partial charge in [0.25, 0.3) is 7.82 Å². The Morgan fingerprint density at radius 2 is 0.742 bits per heavy atom. The maximum Gasteiger partial charge on any atom is 0.268 e. The predicted molar refractivity (Wildman–Crippen MR) is 284 cm³/mol. The second-order valence-electron chi connectivity index (χ2n) is 21.7. The van der Waals surface area contributed by atoms with Gasteiger partial charge < -0.3 is 28.8 Å². The van der Waals surface area contributed by atoms with Crippen molar-refractivity contribution in [3.05, 3.63) is 0 Å². The van der Waals surface area contributed by atoms with Gasteiger partial charge in [0.15, 0.2) is 0 Å². The minimum Gasteiger partial charge on any atom is -0.756 e. The van der Waals surface area contributed by atoms with E-state index >= 15 is 0 Å². The zero-order valence-corrected chi connectivity index (χ0v) is 46.1. The third-order valence-corrected chi connectivity index (χ3v) is 14.8. The van der Waals surface area contributed by atoms with E-state index in [2.05, 4.69) is 19.2 Å². The number of hydrogen-bond donors (Lipinski definition) is 2. The van der Waals surface area contributed by atoms with Gasteiger partial charge in [-0.2, -0.15) is 0 Å². The van der Waals surface area contributed by atoms with Gasteiger partial charge in [-0.15, -0.1) is 0 Å². The van der Waals surface area contributed by atoms with Crippen LogP contribution in [-0.2, 0) is 18.4 Å². The summed E-state index contributed by atoms with van der Waals surface area (Å²) in [6.45, 7) is 4.66. The number of rotatable bonds is 55. The molecule has 2 N–H and O–H groups in total. The van der Waals surface area contributed by atoms with Crippen molar-refractivity contribution in [2.75, 3.05) is 40.9 Å². The van der Waals surface area contributed by atoms with Crippen LogP contribution in [0.3, 0.4) is 0 Å². The van der Waals surface area contributed by atoms with Crippen LogP contribution in [0.2, 0.25) is 0 Å². The second kappa shape index (κ2) is 49.5. The first-order valence-corrected chi connectivity index (χ1v) is 30.8. The van der Waals surface area contributed by atoms with Crippen molar-refractivity contribution in [2.24, 2.45) is 0 Å². The van der Waals surface area contributed by atoms with Crippen LogP contribution >= 0.6 is 7.82 Å². The molecule has 0 radical (unpaired) electrons. The van der Waals surface area contributed by atoms with E-state index in [9.17, 15) is 19.4 Å². The van der Waals surface area contributed by atoms with E-state index in [4.69, 9.17) is 9.05 Å². The Morgan fingerprint density at radius 1 is 0.470 bits per heavy atom. The van der Waals surface area contributed by atoms with Crippen LogP contribution < -0.4 is 10.2 Å². The summed E-state index contributed by atoms with van der Waals surface area (Å²) >= 11 is 0. The van der Waals surface area contributed by atoms with E-state index < -0.39 is 20.0 Å². The van der Waals surface area contributed by atoms with Crippen LogP contribution in [0.1, 0.15) is 309 Å². The standard InChI is InChI=1S/C57H117N2O6P/c1-6-8-10-12-13-14-15-16-17-18-19-20-21-22-23-24-25-26-27-28-29-30-31-32-33-34-35-36-37-38-39-40-41-42-43-44-45-47-49-51-57(61)58-55(56(60)50-48-46-11-9-7-2)54-65-66(62,63)64-53-52-59(3,4)5/h55-56,60H,6-54H2,1-5H3,(H-,58,61,62,63). The molecule has 0 fully saturated rings. The Hall–Kier alpha value is -0.500. The lowest BCUT2D eigenvalue weighted by molar-refractivity contribution is -0.870. The molecule has 0 aromatic heterocycles. The van der Waals surface area contributed by atoms with Gasteiger partial charge in [-0.1, -0.05) is 290 Å². The first-order chi connectivity index (χ1) is 32.0. The average Bonchev–Trinajstić information content (AvgIpc) is 3.27. The predicted octanol–water partition coefficient (Wildman–Crippen LogP) is 17.0. The van der Waals surface area contributed by atoms with E-state index in [1.54, 1.807) is 0 Å². The number of aliphatic hydroxyl groups excluding tert-OH is 1. The Morgan fingerprint density at radius 3 is 1.03 bits per heavy atom. The number of amides is 1. The molecule has 3 atom stereocenters. The van der Waals surface area contributed by atoms with Crippen LogP contribution in [0.25, 0.3) is 0 Å². The molecule has 0 saturated carbocycles. The number of aliphatic hydroxyl groups is 1. The normalized spacial score (nSPS) is 13.9. The quantitative estimate of drug-likeness (QED) is 0.0357. The molecule has 0 aliphatic rings. The van der Waals surface area contributed by atoms with Gasteiger partial charge in [-0.3, -0.25) is 9.36 Å². The number of unbranched alkanes of at least 4 members (excludes halogenated alkanes) is 42. The largest absolute Gasteiger partial charge is 0.756 e. The first kappa shape index (κ1) is 65.5. The SMILES string of the molecule is CCCCCCCCCCCCCCCCCCCCCCCCCCCCCCCCCCCCCCCCCC(=O)NC(COP(=O)([O-])OCC[N+](C)(C)C)C(O)CCCCCCC. The van der Waals surface area contributed by atoms with Gasteiger partial charge in [0.1, 0.15) is 13.2 Å². The molecular formula is C57H117N2O6P. The Labute approximate surface area is 412 Å². The number of carbonyl (C=O) groups excluding carboxylic acids is 1. The van der Waals surface area contributed by atoms with Gasteiger partial charge in [0, 0.05) is 6.42 Å². The molecule has 0 aromatic rings. The van der Waals surface area contributed by atoms with Crippen LogP contribution in [0.5, 0.6) is 0 Å². The molecule has 1 amide bonds. The molecule has 0 saturated heterocycles. The third-order valence-electron chi connectivity index (χ3n) is 13.8. The molecule has 8 nitrogen and oxygen atoms in total. The smallest absolute Gasteiger partial charge is 0.268 e. The molecule has 0 spiro atoms. The molecule has 0 bridgehead atoms. The summed E-state index contributed by atoms with van der Waals surface area (Å²) in [5.41, 5.74) is 0. The van der Waals surface area contributed by atoms with Crippen LogP contribution in [0, 0.1) is 0 Å². The highest BCUT2D eigenvalue weighted by molar-refractivity contribution is 7.45. The number of hydrogen-bond acceptors (Lipinski definition) is 6. The number of nitrogens with zero attached hydrogens (tertiary/aromatic N) is 1. The number of phosphoric acid groups is 1. The summed E-state index contributed by atoms with van der Waals surface area (Å²) in [5, 5.41) is 13.7. The number of nitrogens with one attached hydrogen (secondary N) is 1. The van der Waals surface area contributed by atoms with E-state index in [-0.39, 0.29) is 19.1 Å². The molecular weight excluding hydrogens is 840 g/mol. The highest BCUT2D eigenvalue weighted by Crippen LogP contribution is 2.38. The van der Waals surface area contributed by atoms with Gasteiger partial charge in [-0.25, -0.2) is 0 Å². The van der Waals surface area contributed by atoms with Gasteiger partial charge in [0.2, 0.25) is 5.91 Å². The summed E-state index contributed by atoms with van der Waals surface area (Å²) in [5.74, 6) is -0.165. The summed E-state index contributed by atoms with van der Waals surface area (Å²) in [7, 11) is 1.32. The molecule has 0 heterocycles. The topological polar surface area (TPSA) is 108 Å². The lowest BCUT2D eigenvalue weighted by atomic mass is 10.0. The van der Waals surface area contributed by atoms with Gasteiger partial charge in [0.05, 0.1) is 39.9 Å². The molecule has 0 aliphatic heterocycles. The Bertz CT molecular complexity index is 1040. The maximum atomic E-state index is 12.8. The lowest BCUT2D eigenvalue weighted by Crippen LogP contribution is -2.46. The van der Waals surface area contributed by atoms with Crippen molar-refractivity contribution in [3.8, 4) is 0 Å². The first-order valence-electron chi connectivity index (χ1n) is 29.4. The van der Waals surface area contributed by atoms with Crippen LogP contribution in [0.15, 0.2) is 0 Å². The number of likely N-dealkylation sites (N-methyl/N-ethyl adjacent to an activating group) is 1. The summed E-state index contributed by atoms with van der Waals surface area (Å²) in [6, 6.07) is -0.791. The minimum absolute atomic E-state index is 0.0150. The fourth-order valence-electron chi connectivity index (χ4n) is 9.22. The molecule has 66 heavy (non-hydrogen) atoms. The van der Waals surface area contributed by atoms with Crippen molar-refractivity contribution >= 4 is 13.7 Å². The van der Waals surface area contributed by atoms with Crippen molar-refractivity contribution in [1.29, 1.82) is 0 Å². The maximum absolute atomic E-state index is 12.8. The molecule has 0 aromatic carbocycles. The zero-order valence-electron chi connectivity index (χ0n) is 45.2. The van der Waals surface area contributed by atoms with E-state index in [1.807, 2.05) is 21.1 Å². The van der Waals surface area contributed by atoms with E-state index in [1.165, 1.54) is 231 Å². The van der Waals surface area contributed by atoms with Crippen molar-refractivity contribution < 1.29 is 32.9 Å². The Kier molecular flexibility index (Phi) is 49.1. The van der Waals surface area contributed by atoms with E-state index in [0.29, 0.717) is 23.9 Å². The fourth-order valence-corrected chi connectivity index (χ4v) is 9.94. The fraction of sp³-hybridized carbons (Fsp3) is 0.982. The van der Waals surface area contributed by atoms with Crippen molar-refractivity contribution in [2.45, 2.75) is 321 Å². The average molecular weight is 958 g/mol. The number of carbonyl (C=O) groups is 1. The number of phosphoric ester groups is 1. The summed E-state index contributed by atoms with van der Waals surface area (Å²) in [4.78, 5) is 25.2. The van der Waals surface area contributed by atoms with Crippen LogP contribution in [-0.4, -0.2) is 68.5 Å². The van der Waals surface area contributed by atoms with Gasteiger partial charge >= 0.3 is 0 Å². The molecule has 0 aliphatic carbocycles. The van der Waals surface area contributed by atoms with Crippen LogP contribution in [0.4, 0.5) is 0 Å². The minimum atomic E-state index is -4.55. The second-order valence-corrected chi connectivity index (χ2v) is 23.1. The highest BCUT2D eigenvalue weighted by Gasteiger charge is 2.24. The molecule has 3 unspecified atom stereocenters. The lowest BCUT2D eigenvalue weighted by Gasteiger charge is -2.30.